The molecule has 1 amide bonds. The minimum absolute atomic E-state index is 0.0222. The molecule has 2 aromatic carbocycles. The van der Waals surface area contributed by atoms with E-state index in [1.807, 2.05) is 6.07 Å². The predicted octanol–water partition coefficient (Wildman–Crippen LogP) is 3.53. The maximum atomic E-state index is 13.2. The fourth-order valence-corrected chi connectivity index (χ4v) is 3.39. The van der Waals surface area contributed by atoms with Gasteiger partial charge in [-0.1, -0.05) is 11.6 Å². The molecular weight excluding hydrogens is 333 g/mol. The Morgan fingerprint density at radius 3 is 2.88 bits per heavy atom. The molecule has 2 aliphatic rings. The Balaban J connectivity index is 1.59. The van der Waals surface area contributed by atoms with Gasteiger partial charge in [-0.15, -0.1) is 0 Å². The lowest BCUT2D eigenvalue weighted by atomic mass is 9.97. The lowest BCUT2D eigenvalue weighted by Crippen LogP contribution is -2.16. The molecule has 4 rings (SSSR count). The number of halogens is 2. The molecule has 2 heterocycles. The van der Waals surface area contributed by atoms with Crippen LogP contribution in [-0.4, -0.2) is 19.1 Å². The van der Waals surface area contributed by atoms with Gasteiger partial charge in [0.2, 0.25) is 5.91 Å². The largest absolute Gasteiger partial charge is 0.493 e. The van der Waals surface area contributed by atoms with Gasteiger partial charge in [-0.05, 0) is 24.3 Å². The summed E-state index contributed by atoms with van der Waals surface area (Å²) >= 11 is 5.75. The van der Waals surface area contributed by atoms with Gasteiger partial charge in [0.05, 0.1) is 24.7 Å². The van der Waals surface area contributed by atoms with Crippen LogP contribution in [0.3, 0.4) is 0 Å². The molecule has 2 aromatic rings. The average molecular weight is 348 g/mol. The molecule has 24 heavy (non-hydrogen) atoms. The van der Waals surface area contributed by atoms with Crippen LogP contribution in [0.4, 0.5) is 10.1 Å². The van der Waals surface area contributed by atoms with E-state index in [2.05, 4.69) is 5.32 Å². The minimum Gasteiger partial charge on any atom is -0.493 e. The molecule has 0 atom stereocenters. The zero-order chi connectivity index (χ0) is 16.7. The van der Waals surface area contributed by atoms with Crippen molar-refractivity contribution >= 4 is 23.2 Å². The lowest BCUT2D eigenvalue weighted by molar-refractivity contribution is -0.115. The van der Waals surface area contributed by atoms with Gasteiger partial charge < -0.3 is 14.8 Å². The quantitative estimate of drug-likeness (QED) is 0.924. The minimum atomic E-state index is -0.515. The smallest absolute Gasteiger partial charge is 0.228 e. The number of nitrogens with one attached hydrogen (secondary N) is 1. The molecule has 0 saturated heterocycles. The number of fused-ring (bicyclic) bond motifs is 2. The predicted molar refractivity (Wildman–Crippen MR) is 88.6 cm³/mol. The van der Waals surface area contributed by atoms with Crippen molar-refractivity contribution in [1.82, 2.24) is 0 Å². The fourth-order valence-electron chi connectivity index (χ4n) is 3.21. The summed E-state index contributed by atoms with van der Waals surface area (Å²) < 4.78 is 24.6. The molecule has 0 radical (unpaired) electrons. The molecule has 0 fully saturated rings. The van der Waals surface area contributed by atoms with Crippen LogP contribution in [0, 0.1) is 5.82 Å². The second-order valence-corrected chi connectivity index (χ2v) is 6.28. The third-order valence-electron chi connectivity index (χ3n) is 4.30. The van der Waals surface area contributed by atoms with Gasteiger partial charge in [-0.3, -0.25) is 4.79 Å². The number of hydrogen-bond donors (Lipinski definition) is 1. The zero-order valence-electron chi connectivity index (χ0n) is 12.8. The van der Waals surface area contributed by atoms with Gasteiger partial charge in [-0.25, -0.2) is 4.39 Å². The van der Waals surface area contributed by atoms with Crippen molar-refractivity contribution in [1.29, 1.82) is 0 Å². The van der Waals surface area contributed by atoms with Crippen LogP contribution in [0.15, 0.2) is 24.3 Å². The normalized spacial score (nSPS) is 14.6. The number of amides is 1. The molecule has 0 bridgehead atoms. The summed E-state index contributed by atoms with van der Waals surface area (Å²) in [6, 6.07) is 6.13. The molecular formula is C18H15ClFNO3. The van der Waals surface area contributed by atoms with Crippen molar-refractivity contribution in [2.24, 2.45) is 0 Å². The summed E-state index contributed by atoms with van der Waals surface area (Å²) in [5.74, 6) is 0.952. The molecule has 0 spiro atoms. The number of ether oxygens (including phenoxy) is 2. The Morgan fingerprint density at radius 2 is 2.04 bits per heavy atom. The Bertz CT molecular complexity index is 805. The van der Waals surface area contributed by atoms with Crippen LogP contribution in [0.2, 0.25) is 5.02 Å². The maximum Gasteiger partial charge on any atom is 0.228 e. The molecule has 0 saturated carbocycles. The van der Waals surface area contributed by atoms with Crippen LogP contribution < -0.4 is 14.8 Å². The number of carbonyl (C=O) groups excluding carboxylic acids is 1. The van der Waals surface area contributed by atoms with Crippen molar-refractivity contribution in [3.8, 4) is 11.5 Å². The highest BCUT2D eigenvalue weighted by atomic mass is 35.5. The van der Waals surface area contributed by atoms with Gasteiger partial charge in [0.1, 0.15) is 17.3 Å². The topological polar surface area (TPSA) is 47.6 Å². The van der Waals surface area contributed by atoms with E-state index in [-0.39, 0.29) is 17.4 Å². The van der Waals surface area contributed by atoms with Crippen molar-refractivity contribution in [2.45, 2.75) is 19.3 Å². The first-order chi connectivity index (χ1) is 11.6. The molecule has 4 nitrogen and oxygen atoms in total. The van der Waals surface area contributed by atoms with E-state index in [1.54, 1.807) is 0 Å². The Hall–Kier alpha value is -2.27. The van der Waals surface area contributed by atoms with E-state index < -0.39 is 5.82 Å². The number of carbonyl (C=O) groups is 1. The van der Waals surface area contributed by atoms with E-state index in [4.69, 9.17) is 21.1 Å². The van der Waals surface area contributed by atoms with Gasteiger partial charge in [0, 0.05) is 35.2 Å². The summed E-state index contributed by atoms with van der Waals surface area (Å²) in [6.45, 7) is 1.25. The Morgan fingerprint density at radius 1 is 1.21 bits per heavy atom. The Kier molecular flexibility index (Phi) is 3.81. The molecule has 2 aliphatic heterocycles. The van der Waals surface area contributed by atoms with Crippen molar-refractivity contribution < 1.29 is 18.7 Å². The zero-order valence-corrected chi connectivity index (χ0v) is 13.6. The van der Waals surface area contributed by atoms with E-state index in [0.717, 1.165) is 41.0 Å². The first kappa shape index (κ1) is 15.3. The van der Waals surface area contributed by atoms with Crippen LogP contribution in [0.1, 0.15) is 16.7 Å². The highest BCUT2D eigenvalue weighted by molar-refractivity contribution is 6.31. The summed E-state index contributed by atoms with van der Waals surface area (Å²) in [5.41, 5.74) is 3.49. The number of hydrogen-bond acceptors (Lipinski definition) is 3. The summed E-state index contributed by atoms with van der Waals surface area (Å²) in [4.78, 5) is 12.4. The monoisotopic (exact) mass is 347 g/mol. The number of benzene rings is 2. The molecule has 1 N–H and O–H groups in total. The molecule has 0 aromatic heterocycles. The maximum absolute atomic E-state index is 13.2. The average Bonchev–Trinajstić information content (AvgIpc) is 3.19. The third kappa shape index (κ3) is 2.69. The van der Waals surface area contributed by atoms with Gasteiger partial charge in [0.15, 0.2) is 0 Å². The standard InChI is InChI=1S/C18H15ClFNO3/c19-14-8-11(1-2-15(14)20)21-17(22)9-13-12-4-6-23-16(12)7-10-3-5-24-18(10)13/h1-2,7-8H,3-6,9H2,(H,21,22). The van der Waals surface area contributed by atoms with Crippen LogP contribution in [0.5, 0.6) is 11.5 Å². The first-order valence-corrected chi connectivity index (χ1v) is 8.18. The molecule has 0 aliphatic carbocycles. The van der Waals surface area contributed by atoms with E-state index >= 15 is 0 Å². The van der Waals surface area contributed by atoms with Gasteiger partial charge >= 0.3 is 0 Å². The van der Waals surface area contributed by atoms with E-state index in [0.29, 0.717) is 18.9 Å². The van der Waals surface area contributed by atoms with Gasteiger partial charge in [0.25, 0.3) is 0 Å². The SMILES string of the molecule is O=C(Cc1c2c(cc3c1OCC3)OCC2)Nc1ccc(F)c(Cl)c1. The summed E-state index contributed by atoms with van der Waals surface area (Å²) in [5, 5.41) is 2.73. The lowest BCUT2D eigenvalue weighted by Gasteiger charge is -2.13. The summed E-state index contributed by atoms with van der Waals surface area (Å²) in [7, 11) is 0. The Labute approximate surface area is 143 Å². The van der Waals surface area contributed by atoms with Crippen molar-refractivity contribution in [2.75, 3.05) is 18.5 Å². The number of anilines is 1. The molecule has 6 heteroatoms. The molecule has 0 unspecified atom stereocenters. The van der Waals surface area contributed by atoms with E-state index in [1.165, 1.54) is 18.2 Å². The first-order valence-electron chi connectivity index (χ1n) is 7.80. The second kappa shape index (κ2) is 5.98. The molecule has 124 valence electrons. The van der Waals surface area contributed by atoms with Gasteiger partial charge in [-0.2, -0.15) is 0 Å². The van der Waals surface area contributed by atoms with Crippen LogP contribution >= 0.6 is 11.6 Å². The summed E-state index contributed by atoms with van der Waals surface area (Å²) in [6.07, 6.45) is 1.79. The highest BCUT2D eigenvalue weighted by Gasteiger charge is 2.27. The van der Waals surface area contributed by atoms with Crippen molar-refractivity contribution in [3.63, 3.8) is 0 Å². The van der Waals surface area contributed by atoms with E-state index in [9.17, 15) is 9.18 Å². The fraction of sp³-hybridized carbons (Fsp3) is 0.278. The van der Waals surface area contributed by atoms with Crippen LogP contribution in [-0.2, 0) is 24.1 Å². The van der Waals surface area contributed by atoms with Crippen molar-refractivity contribution in [3.05, 3.63) is 51.8 Å². The van der Waals surface area contributed by atoms with Crippen LogP contribution in [0.25, 0.3) is 0 Å². The number of rotatable bonds is 3. The third-order valence-corrected chi connectivity index (χ3v) is 4.59. The highest BCUT2D eigenvalue weighted by Crippen LogP contribution is 2.40. The second-order valence-electron chi connectivity index (χ2n) is 5.87.